The third-order valence-electron chi connectivity index (χ3n) is 16.8. The normalized spacial score (nSPS) is 27.3. The number of fused-ring (bicyclic) bond motifs is 5. The van der Waals surface area contributed by atoms with Crippen LogP contribution in [-0.2, 0) is 68.4 Å². The number of carbonyl (C=O) groups is 9. The van der Waals surface area contributed by atoms with Crippen LogP contribution < -0.4 is 16.4 Å². The maximum absolute atomic E-state index is 15.8. The fraction of sp³-hybridized carbons (Fsp3) is 0.435. The van der Waals surface area contributed by atoms with Crippen molar-refractivity contribution in [3.63, 3.8) is 0 Å². The zero-order valence-electron chi connectivity index (χ0n) is 46.8. The Morgan fingerprint density at radius 1 is 0.783 bits per heavy atom. The van der Waals surface area contributed by atoms with Gasteiger partial charge in [0.15, 0.2) is 17.5 Å². The van der Waals surface area contributed by atoms with E-state index in [1.54, 1.807) is 97.1 Å². The minimum atomic E-state index is -2.54. The zero-order valence-corrected chi connectivity index (χ0v) is 46.8. The van der Waals surface area contributed by atoms with E-state index < -0.39 is 149 Å². The number of hydrogen-bond donors (Lipinski definition) is 6. The summed E-state index contributed by atoms with van der Waals surface area (Å²) in [4.78, 5) is 126. The number of benzene rings is 4. The van der Waals surface area contributed by atoms with E-state index in [1.165, 1.54) is 52.0 Å². The lowest BCUT2D eigenvalue weighted by Gasteiger charge is -2.67. The quantitative estimate of drug-likeness (QED) is 0.0400. The second-order valence-electron chi connectivity index (χ2n) is 22.4. The predicted octanol–water partition coefficient (Wildman–Crippen LogP) is 4.60. The molecule has 8 rings (SSSR count). The molecule has 1 heterocycles. The van der Waals surface area contributed by atoms with Gasteiger partial charge in [-0.05, 0) is 79.6 Å². The van der Waals surface area contributed by atoms with Crippen molar-refractivity contribution in [2.45, 2.75) is 146 Å². The highest BCUT2D eigenvalue weighted by molar-refractivity contribution is 5.96. The fourth-order valence-electron chi connectivity index (χ4n) is 12.4. The van der Waals surface area contributed by atoms with E-state index in [2.05, 4.69) is 10.6 Å². The van der Waals surface area contributed by atoms with Crippen molar-refractivity contribution >= 4 is 53.4 Å². The maximum Gasteiger partial charge on any atom is 0.350 e. The van der Waals surface area contributed by atoms with Gasteiger partial charge in [-0.25, -0.2) is 14.4 Å². The highest BCUT2D eigenvalue weighted by Crippen LogP contribution is 2.64. The number of hydrogen-bond acceptors (Lipinski definition) is 18. The van der Waals surface area contributed by atoms with E-state index >= 15 is 9.59 Å². The van der Waals surface area contributed by atoms with Gasteiger partial charge in [-0.15, -0.1) is 0 Å². The summed E-state index contributed by atoms with van der Waals surface area (Å²) in [5, 5.41) is 41.7. The Balaban J connectivity index is 1.20. The minimum absolute atomic E-state index is 0.00671. The molecule has 1 saturated heterocycles. The van der Waals surface area contributed by atoms with Crippen LogP contribution in [0.2, 0.25) is 0 Å². The maximum atomic E-state index is 15.8. The van der Waals surface area contributed by atoms with Crippen LogP contribution >= 0.6 is 0 Å². The first-order chi connectivity index (χ1) is 39.3. The molecule has 4 aromatic rings. The molecule has 21 heteroatoms. The molecule has 1 unspecified atom stereocenters. The van der Waals surface area contributed by atoms with Gasteiger partial charge in [0.2, 0.25) is 12.0 Å². The molecule has 4 aliphatic rings. The first-order valence-corrected chi connectivity index (χ1v) is 27.4. The van der Waals surface area contributed by atoms with E-state index in [0.29, 0.717) is 0 Å². The molecule has 13 atom stereocenters. The van der Waals surface area contributed by atoms with Gasteiger partial charge in [0, 0.05) is 44.1 Å². The van der Waals surface area contributed by atoms with Crippen molar-refractivity contribution in [2.24, 2.45) is 22.5 Å². The van der Waals surface area contributed by atoms with E-state index in [9.17, 15) is 48.9 Å². The summed E-state index contributed by atoms with van der Waals surface area (Å²) in [5.74, 6) is -10.7. The van der Waals surface area contributed by atoms with Gasteiger partial charge in [-0.1, -0.05) is 111 Å². The number of carboxylic acids is 1. The third-order valence-corrected chi connectivity index (χ3v) is 16.8. The lowest BCUT2D eigenvalue weighted by atomic mass is 9.44. The van der Waals surface area contributed by atoms with Crippen molar-refractivity contribution in [2.75, 3.05) is 6.61 Å². The summed E-state index contributed by atoms with van der Waals surface area (Å²) >= 11 is 0. The Hall–Kier alpha value is -8.11. The number of ether oxygens (including phenoxy) is 6. The summed E-state index contributed by atoms with van der Waals surface area (Å²) < 4.78 is 36.9. The molecule has 7 N–H and O–H groups in total. The molecule has 83 heavy (non-hydrogen) atoms. The number of aliphatic hydroxyl groups is 2. The summed E-state index contributed by atoms with van der Waals surface area (Å²) in [5.41, 5.74) is -1.12. The number of nitrogens with two attached hydrogens (primary N) is 1. The van der Waals surface area contributed by atoms with Crippen molar-refractivity contribution in [1.29, 1.82) is 0 Å². The van der Waals surface area contributed by atoms with E-state index in [0.717, 1.165) is 19.4 Å². The molecule has 21 nitrogen and oxygen atoms in total. The predicted molar refractivity (Wildman–Crippen MR) is 293 cm³/mol. The lowest BCUT2D eigenvalue weighted by Crippen LogP contribution is -2.82. The van der Waals surface area contributed by atoms with Crippen molar-refractivity contribution < 1.29 is 86.9 Å². The van der Waals surface area contributed by atoms with Crippen LogP contribution in [0.15, 0.2) is 132 Å². The van der Waals surface area contributed by atoms with Crippen LogP contribution in [0.4, 0.5) is 0 Å². The van der Waals surface area contributed by atoms with E-state index in [-0.39, 0.29) is 60.1 Å². The minimum Gasteiger partial charge on any atom is -0.480 e. The van der Waals surface area contributed by atoms with Gasteiger partial charge in [-0.2, -0.15) is 0 Å². The molecule has 1 aliphatic heterocycles. The number of aliphatic carboxylic acids is 1. The topological polar surface area (TPSA) is 320 Å². The number of ketones is 1. The second-order valence-corrected chi connectivity index (χ2v) is 22.4. The molecular weight excluding hydrogens is 1070 g/mol. The van der Waals surface area contributed by atoms with Crippen LogP contribution in [0.5, 0.6) is 0 Å². The number of carboxylic acid groups (broad SMARTS) is 1. The Bertz CT molecular complexity index is 3140. The molecule has 0 spiro atoms. The highest BCUT2D eigenvalue weighted by Gasteiger charge is 2.78. The van der Waals surface area contributed by atoms with Crippen LogP contribution in [0.3, 0.4) is 0 Å². The number of Topliss-reactive ketones (excluding diaryl/α,β-unsaturated/α-hetero) is 1. The first-order valence-electron chi connectivity index (χ1n) is 27.4. The fourth-order valence-corrected chi connectivity index (χ4v) is 12.4. The lowest BCUT2D eigenvalue weighted by molar-refractivity contribution is -0.346. The molecule has 0 aromatic heterocycles. The Morgan fingerprint density at radius 3 is 1.94 bits per heavy atom. The smallest absolute Gasteiger partial charge is 0.350 e. The van der Waals surface area contributed by atoms with Crippen molar-refractivity contribution in [1.82, 2.24) is 10.6 Å². The van der Waals surface area contributed by atoms with Gasteiger partial charge in [0.1, 0.15) is 36.0 Å². The Morgan fingerprint density at radius 2 is 1.37 bits per heavy atom. The Labute approximate surface area is 479 Å². The van der Waals surface area contributed by atoms with Crippen LogP contribution in [0, 0.1) is 16.7 Å². The highest BCUT2D eigenvalue weighted by atomic mass is 16.6. The monoisotopic (exact) mass is 1140 g/mol. The summed E-state index contributed by atoms with van der Waals surface area (Å²) in [6.07, 6.45) is -12.3. The number of carbonyl (C=O) groups excluding carboxylic acids is 8. The molecule has 3 aliphatic carbocycles. The van der Waals surface area contributed by atoms with Crippen LogP contribution in [-0.4, -0.2) is 135 Å². The second kappa shape index (κ2) is 24.8. The number of rotatable bonds is 20. The zero-order chi connectivity index (χ0) is 60.2. The van der Waals surface area contributed by atoms with Gasteiger partial charge in [0.05, 0.1) is 35.6 Å². The first kappa shape index (κ1) is 61.0. The average Bonchev–Trinajstić information content (AvgIpc) is 3.37. The molecule has 3 fully saturated rings. The number of amides is 2. The average molecular weight is 1140 g/mol. The Kier molecular flexibility index (Phi) is 18.2. The molecule has 2 saturated carbocycles. The molecule has 4 aromatic carbocycles. The molecule has 2 amide bonds. The molecule has 2 bridgehead atoms. The van der Waals surface area contributed by atoms with Crippen LogP contribution in [0.1, 0.15) is 112 Å². The van der Waals surface area contributed by atoms with Gasteiger partial charge in [-0.3, -0.25) is 28.8 Å². The van der Waals surface area contributed by atoms with Gasteiger partial charge < -0.3 is 60.1 Å². The SMILES string of the molecule is CC(=O)O[C@H]1C(=O)[C@@]2(C)C([C@H](OC(=O)c3ccccc3)[C@]3(O)C[C@H](OC(=O)[C@H](OC(=O)CCC[C@H](NC(=O)[C@@H](N)Cc4ccccc4)C(=O)O)[C@@H](NC(=O)c4ccccc4)c4ccccc4)C(C)=C1C3(C)C)[C@]1(OC(C)=O)CO[C@@H]1C[C@@H]2O. The standard InChI is InChI=1S/C62H69N3O18/c1-34-43(32-62(77)53(82-57(75)40-26-17-10-18-27-40)51-60(6,44(68)31-45-61(51,33-78-45)83-36(3)67)52(70)49(79-35(2)66)47(34)59(62,4)5)80-58(76)50(48(38-22-13-8-14-23-38)65-54(71)39-24-15-9-16-25-39)81-46(69)29-19-28-42(56(73)74)64-55(72)41(63)30-37-20-11-7-12-21-37/h7-18,20-27,41-45,48-51,53,68,77H,19,28-33,63H2,1-6H3,(H,64,72)(H,65,71)(H,73,74)/t41-,42-,43-,44-,45+,48-,49+,50+,51?,53-,60+,61-,62+/m0/s1. The van der Waals surface area contributed by atoms with E-state index in [4.69, 9.17) is 34.2 Å². The number of aliphatic hydroxyl groups excluding tert-OH is 1. The largest absolute Gasteiger partial charge is 0.480 e. The molecular formula is C62H69N3O18. The third kappa shape index (κ3) is 12.2. The summed E-state index contributed by atoms with van der Waals surface area (Å²) in [7, 11) is 0. The van der Waals surface area contributed by atoms with Crippen molar-refractivity contribution in [3.05, 3.63) is 155 Å². The number of nitrogens with one attached hydrogen (secondary N) is 2. The van der Waals surface area contributed by atoms with Gasteiger partial charge in [0.25, 0.3) is 5.91 Å². The summed E-state index contributed by atoms with van der Waals surface area (Å²) in [6, 6.07) is 28.3. The summed E-state index contributed by atoms with van der Waals surface area (Å²) in [6.45, 7) is 7.64. The molecule has 440 valence electrons. The van der Waals surface area contributed by atoms with Crippen LogP contribution in [0.25, 0.3) is 0 Å². The molecule has 0 radical (unpaired) electrons. The van der Waals surface area contributed by atoms with Gasteiger partial charge >= 0.3 is 35.8 Å². The number of esters is 5. The van der Waals surface area contributed by atoms with Crippen molar-refractivity contribution in [3.8, 4) is 0 Å². The van der Waals surface area contributed by atoms with E-state index in [1.807, 2.05) is 0 Å².